The Morgan fingerprint density at radius 2 is 1.75 bits per heavy atom. The molecule has 7 N–H and O–H groups in total. The molecule has 2 aromatic rings. The van der Waals surface area contributed by atoms with Gasteiger partial charge in [-0.25, -0.2) is 4.79 Å². The largest absolute Gasteiger partial charge is 0.508 e. The van der Waals surface area contributed by atoms with Gasteiger partial charge in [0, 0.05) is 18.6 Å². The van der Waals surface area contributed by atoms with Crippen LogP contribution in [0.25, 0.3) is 6.08 Å². The van der Waals surface area contributed by atoms with Crippen molar-refractivity contribution in [3.63, 3.8) is 0 Å². The summed E-state index contributed by atoms with van der Waals surface area (Å²) in [6, 6.07) is 7.16. The van der Waals surface area contributed by atoms with Gasteiger partial charge in [-0.3, -0.25) is 9.69 Å². The Balaban J connectivity index is 1.63. The highest BCUT2D eigenvalue weighted by Gasteiger charge is 2.45. The smallest absolute Gasteiger partial charge is 0.327 e. The summed E-state index contributed by atoms with van der Waals surface area (Å²) in [5, 5.41) is 69.0. The van der Waals surface area contributed by atoms with Gasteiger partial charge in [0.15, 0.2) is 11.5 Å². The molecule has 192 valence electrons. The molecule has 1 amide bonds. The summed E-state index contributed by atoms with van der Waals surface area (Å²) in [4.78, 5) is 25.9. The molecule has 4 rings (SSSR count). The Kier molecular flexibility index (Phi) is 7.15. The Bertz CT molecular complexity index is 1160. The van der Waals surface area contributed by atoms with Crippen molar-refractivity contribution in [1.82, 2.24) is 0 Å². The number of hydrogen-bond acceptors (Lipinski definition) is 10. The van der Waals surface area contributed by atoms with Crippen LogP contribution in [0.2, 0.25) is 0 Å². The van der Waals surface area contributed by atoms with E-state index in [4.69, 9.17) is 9.47 Å². The van der Waals surface area contributed by atoms with Gasteiger partial charge in [0.25, 0.3) is 5.91 Å². The minimum absolute atomic E-state index is 0.0460. The predicted molar refractivity (Wildman–Crippen MR) is 122 cm³/mol. The van der Waals surface area contributed by atoms with Crippen LogP contribution in [-0.4, -0.2) is 91.0 Å². The molecule has 0 bridgehead atoms. The zero-order valence-electron chi connectivity index (χ0n) is 18.7. The molecule has 6 atom stereocenters. The molecule has 2 aliphatic heterocycles. The third kappa shape index (κ3) is 4.85. The maximum absolute atomic E-state index is 13.0. The van der Waals surface area contributed by atoms with Crippen molar-refractivity contribution >= 4 is 23.6 Å². The summed E-state index contributed by atoms with van der Waals surface area (Å²) in [5.41, 5.74) is 1.08. The van der Waals surface area contributed by atoms with Crippen LogP contribution in [0.5, 0.6) is 17.2 Å². The monoisotopic (exact) mass is 503 g/mol. The van der Waals surface area contributed by atoms with E-state index in [1.165, 1.54) is 36.4 Å². The number of carbonyl (C=O) groups is 2. The number of aliphatic carboxylic acids is 1. The van der Waals surface area contributed by atoms with Crippen LogP contribution in [-0.2, 0) is 20.7 Å². The number of rotatable bonds is 6. The van der Waals surface area contributed by atoms with Crippen molar-refractivity contribution in [2.24, 2.45) is 0 Å². The van der Waals surface area contributed by atoms with Crippen molar-refractivity contribution in [3.05, 3.63) is 53.6 Å². The van der Waals surface area contributed by atoms with E-state index in [-0.39, 0.29) is 23.6 Å². The van der Waals surface area contributed by atoms with Gasteiger partial charge in [-0.05, 0) is 35.4 Å². The Hall–Kier alpha value is -3.68. The average Bonchev–Trinajstić information content (AvgIpc) is 3.22. The number of nitrogens with zero attached hydrogens (tertiary/aromatic N) is 1. The molecule has 2 aliphatic rings. The average molecular weight is 503 g/mol. The van der Waals surface area contributed by atoms with Crippen LogP contribution >= 0.6 is 0 Å². The topological polar surface area (TPSA) is 197 Å². The molecule has 2 aromatic carbocycles. The third-order valence-corrected chi connectivity index (χ3v) is 6.07. The van der Waals surface area contributed by atoms with Crippen molar-refractivity contribution < 1.29 is 54.8 Å². The fourth-order valence-electron chi connectivity index (χ4n) is 4.14. The van der Waals surface area contributed by atoms with Gasteiger partial charge in [-0.15, -0.1) is 0 Å². The summed E-state index contributed by atoms with van der Waals surface area (Å²) in [6.07, 6.45) is -5.37. The number of anilines is 1. The number of aliphatic hydroxyl groups is 4. The van der Waals surface area contributed by atoms with Crippen LogP contribution in [0.15, 0.2) is 42.5 Å². The van der Waals surface area contributed by atoms with E-state index in [0.717, 1.165) is 4.90 Å². The first-order valence-corrected chi connectivity index (χ1v) is 11.0. The molecule has 0 spiro atoms. The fourth-order valence-corrected chi connectivity index (χ4v) is 4.14. The molecule has 0 aliphatic carbocycles. The fraction of sp³-hybridized carbons (Fsp3) is 0.333. The van der Waals surface area contributed by atoms with Crippen molar-refractivity contribution in [2.75, 3.05) is 11.5 Å². The lowest BCUT2D eigenvalue weighted by Crippen LogP contribution is -2.60. The maximum atomic E-state index is 13.0. The normalized spacial score (nSPS) is 27.7. The SMILES string of the molecule is O=C(O)[C@H]1Cc2cc(O)c(O[C@@H]3O[C@H](CO)[C@@H](O)[C@H](O)[C@H]3O)cc2N1C(=O)/C=C/c1ccc(O)cc1. The van der Waals surface area contributed by atoms with E-state index in [9.17, 15) is 45.3 Å². The number of carboxylic acids is 1. The number of ether oxygens (including phenoxy) is 2. The summed E-state index contributed by atoms with van der Waals surface area (Å²) < 4.78 is 10.8. The van der Waals surface area contributed by atoms with E-state index in [1.807, 2.05) is 0 Å². The number of phenolic OH excluding ortho intramolecular Hbond substituents is 2. The lowest BCUT2D eigenvalue weighted by Gasteiger charge is -2.39. The maximum Gasteiger partial charge on any atom is 0.327 e. The number of carboxylic acid groups (broad SMARTS) is 1. The molecule has 12 nitrogen and oxygen atoms in total. The quantitative estimate of drug-likeness (QED) is 0.247. The number of carbonyl (C=O) groups excluding carboxylic acids is 1. The third-order valence-electron chi connectivity index (χ3n) is 6.07. The lowest BCUT2D eigenvalue weighted by atomic mass is 9.99. The molecule has 0 aromatic heterocycles. The highest BCUT2D eigenvalue weighted by Crippen LogP contribution is 2.41. The Morgan fingerprint density at radius 3 is 2.39 bits per heavy atom. The summed E-state index contributed by atoms with van der Waals surface area (Å²) >= 11 is 0. The van der Waals surface area contributed by atoms with Crippen LogP contribution < -0.4 is 9.64 Å². The van der Waals surface area contributed by atoms with Crippen LogP contribution in [0.1, 0.15) is 11.1 Å². The Labute approximate surface area is 204 Å². The summed E-state index contributed by atoms with van der Waals surface area (Å²) in [5.74, 6) is -2.62. The first-order valence-electron chi connectivity index (χ1n) is 11.0. The second kappa shape index (κ2) is 10.1. The lowest BCUT2D eigenvalue weighted by molar-refractivity contribution is -0.277. The molecule has 0 unspecified atom stereocenters. The zero-order chi connectivity index (χ0) is 26.1. The molecular weight excluding hydrogens is 478 g/mol. The first-order chi connectivity index (χ1) is 17.1. The molecule has 12 heteroatoms. The van der Waals surface area contributed by atoms with E-state index in [1.54, 1.807) is 12.1 Å². The predicted octanol–water partition coefficient (Wildman–Crippen LogP) is -0.668. The molecule has 0 radical (unpaired) electrons. The van der Waals surface area contributed by atoms with E-state index in [2.05, 4.69) is 0 Å². The van der Waals surface area contributed by atoms with Crippen molar-refractivity contribution in [2.45, 2.75) is 43.2 Å². The molecule has 2 heterocycles. The molecule has 1 fully saturated rings. The van der Waals surface area contributed by atoms with E-state index < -0.39 is 61.0 Å². The number of phenols is 2. The standard InChI is InChI=1S/C24H25NO11/c26-10-18-20(30)21(31)22(32)24(36-18)35-17-9-14-12(8-16(17)28)7-15(23(33)34)25(14)19(29)6-3-11-1-4-13(27)5-2-11/h1-6,8-9,15,18,20-22,24,26-28,30-32H,7,10H2,(H,33,34)/b6-3+/t15-,18-,20-,21+,22-,24-/m1/s1. The second-order valence-corrected chi connectivity index (χ2v) is 8.46. The number of hydrogen-bond donors (Lipinski definition) is 7. The number of fused-ring (bicyclic) bond motifs is 1. The van der Waals surface area contributed by atoms with Gasteiger partial charge in [-0.2, -0.15) is 0 Å². The van der Waals surface area contributed by atoms with Crippen molar-refractivity contribution in [1.29, 1.82) is 0 Å². The summed E-state index contributed by atoms with van der Waals surface area (Å²) in [6.45, 7) is -0.684. The van der Waals surface area contributed by atoms with Gasteiger partial charge >= 0.3 is 5.97 Å². The van der Waals surface area contributed by atoms with Crippen molar-refractivity contribution in [3.8, 4) is 17.2 Å². The first kappa shape index (κ1) is 25.4. The zero-order valence-corrected chi connectivity index (χ0v) is 18.7. The Morgan fingerprint density at radius 1 is 1.06 bits per heavy atom. The molecule has 1 saturated heterocycles. The van der Waals surface area contributed by atoms with Crippen LogP contribution in [0.4, 0.5) is 5.69 Å². The van der Waals surface area contributed by atoms with Gasteiger partial charge < -0.3 is 45.2 Å². The molecule has 0 saturated carbocycles. The van der Waals surface area contributed by atoms with E-state index >= 15 is 0 Å². The van der Waals surface area contributed by atoms with Crippen LogP contribution in [0.3, 0.4) is 0 Å². The summed E-state index contributed by atoms with van der Waals surface area (Å²) in [7, 11) is 0. The highest BCUT2D eigenvalue weighted by molar-refractivity contribution is 6.09. The van der Waals surface area contributed by atoms with E-state index in [0.29, 0.717) is 11.1 Å². The number of aromatic hydroxyl groups is 2. The number of benzene rings is 2. The van der Waals surface area contributed by atoms with Gasteiger partial charge in [0.2, 0.25) is 6.29 Å². The number of aliphatic hydroxyl groups excluding tert-OH is 4. The minimum atomic E-state index is -1.74. The van der Waals surface area contributed by atoms with Gasteiger partial charge in [-0.1, -0.05) is 12.1 Å². The minimum Gasteiger partial charge on any atom is -0.508 e. The van der Waals surface area contributed by atoms with Crippen LogP contribution in [0, 0.1) is 0 Å². The molecular formula is C24H25NO11. The molecule has 36 heavy (non-hydrogen) atoms. The van der Waals surface area contributed by atoms with Gasteiger partial charge in [0.05, 0.1) is 12.3 Å². The number of amides is 1. The highest BCUT2D eigenvalue weighted by atomic mass is 16.7. The second-order valence-electron chi connectivity index (χ2n) is 8.46. The van der Waals surface area contributed by atoms with Gasteiger partial charge in [0.1, 0.15) is 36.2 Å².